The molecular weight excluding hydrogens is 284 g/mol. The minimum atomic E-state index is -0.418. The molecule has 0 unspecified atom stereocenters. The van der Waals surface area contributed by atoms with Gasteiger partial charge in [-0.15, -0.1) is 25.3 Å². The third kappa shape index (κ3) is 4.67. The fraction of sp³-hybridized carbons (Fsp3) is 0. The van der Waals surface area contributed by atoms with Crippen LogP contribution in [0.3, 0.4) is 0 Å². The number of nitrogens with one attached hydrogen (secondary N) is 2. The Morgan fingerprint density at radius 3 is 1.12 bits per heavy atom. The maximum absolute atomic E-state index is 10.3. The lowest BCUT2D eigenvalue weighted by Crippen LogP contribution is -2.21. The largest absolute Gasteiger partial charge is 0.288 e. The van der Waals surface area contributed by atoms with Crippen LogP contribution in [0.5, 0.6) is 0 Å². The van der Waals surface area contributed by atoms with Gasteiger partial charge in [0.15, 0.2) is 0 Å². The van der Waals surface area contributed by atoms with Gasteiger partial charge in [-0.1, -0.05) is 0 Å². The zero-order chi connectivity index (χ0) is 12.3. The van der Waals surface area contributed by atoms with E-state index in [-0.39, 0.29) is 35.1 Å². The molecule has 0 fully saturated rings. The summed E-state index contributed by atoms with van der Waals surface area (Å²) in [7, 11) is 0. The van der Waals surface area contributed by atoms with Crippen LogP contribution < -0.4 is 10.6 Å². The van der Waals surface area contributed by atoms with Crippen molar-refractivity contribution in [3.63, 3.8) is 0 Å². The zero-order valence-corrected chi connectivity index (χ0v) is 11.0. The van der Waals surface area contributed by atoms with Crippen LogP contribution in [0.15, 0.2) is 22.0 Å². The highest BCUT2D eigenvalue weighted by Gasteiger charge is 2.16. The first-order valence-corrected chi connectivity index (χ1v) is 4.81. The van der Waals surface area contributed by atoms with Gasteiger partial charge in [-0.25, -0.2) is 0 Å². The summed E-state index contributed by atoms with van der Waals surface area (Å²) in [6.45, 7) is 0. The summed E-state index contributed by atoms with van der Waals surface area (Å²) in [6, 6.07) is 0. The van der Waals surface area contributed by atoms with Crippen molar-refractivity contribution in [1.82, 2.24) is 10.6 Å². The molecule has 0 aliphatic carbocycles. The van der Waals surface area contributed by atoms with Gasteiger partial charge in [0.25, 0.3) is 23.6 Å². The molecule has 0 bridgehead atoms. The number of carbonyl (C=O) groups is 4. The van der Waals surface area contributed by atoms with Gasteiger partial charge in [0, 0.05) is 12.2 Å². The van der Waals surface area contributed by atoms with Crippen molar-refractivity contribution in [2.24, 2.45) is 0 Å². The van der Waals surface area contributed by atoms with Crippen molar-refractivity contribution in [2.45, 2.75) is 0 Å². The van der Waals surface area contributed by atoms with E-state index in [0.29, 0.717) is 0 Å². The Bertz CT molecular complexity index is 414. The van der Waals surface area contributed by atoms with E-state index in [1.165, 1.54) is 0 Å². The number of rotatable bonds is 0. The third-order valence-electron chi connectivity index (χ3n) is 1.47. The topological polar surface area (TPSA) is 92.3 Å². The second-order valence-corrected chi connectivity index (χ2v) is 3.66. The van der Waals surface area contributed by atoms with E-state index in [9.17, 15) is 19.2 Å². The number of carbonyl (C=O) groups excluding carboxylic acids is 4. The Labute approximate surface area is 114 Å². The van der Waals surface area contributed by atoms with Crippen molar-refractivity contribution in [1.29, 1.82) is 0 Å². The first-order chi connectivity index (χ1) is 7.40. The Balaban J connectivity index is 0.000000284. The van der Waals surface area contributed by atoms with Gasteiger partial charge in [0.05, 0.1) is 9.81 Å². The molecule has 2 N–H and O–H groups in total. The number of hydrogen-bond donors (Lipinski definition) is 4. The predicted molar refractivity (Wildman–Crippen MR) is 70.8 cm³/mol. The molecule has 2 aliphatic heterocycles. The summed E-state index contributed by atoms with van der Waals surface area (Å²) in [5.41, 5.74) is 0. The Morgan fingerprint density at radius 2 is 1.06 bits per heavy atom. The Morgan fingerprint density at radius 1 is 0.765 bits per heavy atom. The maximum Gasteiger partial charge on any atom is 0.264 e. The summed E-state index contributed by atoms with van der Waals surface area (Å²) in [5.74, 6) is -1.61. The van der Waals surface area contributed by atoms with Crippen LogP contribution in [0.2, 0.25) is 0 Å². The molecule has 0 saturated carbocycles. The van der Waals surface area contributed by atoms with Gasteiger partial charge in [-0.2, -0.15) is 13.5 Å². The standard InChI is InChI=1S/2C4H3NO2S.H2S/c2*6-3-1-2(8)4(7)5-3;/h2*1H,(H2,5,6,7,8);1H2. The molecule has 2 rings (SSSR count). The van der Waals surface area contributed by atoms with E-state index in [0.717, 1.165) is 12.2 Å². The normalized spacial score (nSPS) is 17.3. The number of thiol groups is 2. The summed E-state index contributed by atoms with van der Waals surface area (Å²) < 4.78 is 0. The molecule has 9 heteroatoms. The molecule has 0 atom stereocenters. The third-order valence-corrected chi connectivity index (χ3v) is 2.14. The van der Waals surface area contributed by atoms with Gasteiger partial charge >= 0.3 is 0 Å². The Hall–Kier alpha value is -1.19. The minimum Gasteiger partial charge on any atom is -0.288 e. The molecule has 0 spiro atoms. The number of imide groups is 2. The lowest BCUT2D eigenvalue weighted by molar-refractivity contribution is -0.125. The molecule has 17 heavy (non-hydrogen) atoms. The second kappa shape index (κ2) is 6.52. The fourth-order valence-corrected chi connectivity index (χ4v) is 1.15. The first-order valence-electron chi connectivity index (χ1n) is 3.92. The summed E-state index contributed by atoms with van der Waals surface area (Å²) in [5, 5.41) is 4.04. The van der Waals surface area contributed by atoms with Crippen LogP contribution in [0.1, 0.15) is 0 Å². The number of amides is 4. The number of hydrogen-bond acceptors (Lipinski definition) is 6. The van der Waals surface area contributed by atoms with E-state index in [1.54, 1.807) is 0 Å². The van der Waals surface area contributed by atoms with E-state index < -0.39 is 11.8 Å². The predicted octanol–water partition coefficient (Wildman–Crippen LogP) is -0.974. The average Bonchev–Trinajstić information content (AvgIpc) is 2.58. The molecular formula is C8H8N2O4S3. The molecule has 0 radical (unpaired) electrons. The second-order valence-electron chi connectivity index (χ2n) is 2.70. The quantitative estimate of drug-likeness (QED) is 0.341. The summed E-state index contributed by atoms with van der Waals surface area (Å²) in [6.07, 6.45) is 2.29. The van der Waals surface area contributed by atoms with E-state index in [1.807, 2.05) is 10.6 Å². The zero-order valence-electron chi connectivity index (χ0n) is 8.18. The van der Waals surface area contributed by atoms with Crippen LogP contribution in [0.4, 0.5) is 0 Å². The van der Waals surface area contributed by atoms with Crippen molar-refractivity contribution in [3.8, 4) is 0 Å². The van der Waals surface area contributed by atoms with E-state index in [2.05, 4.69) is 25.3 Å². The molecule has 4 amide bonds. The van der Waals surface area contributed by atoms with Crippen LogP contribution >= 0.6 is 38.8 Å². The molecule has 0 saturated heterocycles. The van der Waals surface area contributed by atoms with Crippen LogP contribution in [-0.4, -0.2) is 23.6 Å². The molecule has 2 aliphatic rings. The van der Waals surface area contributed by atoms with Gasteiger partial charge in [-0.3, -0.25) is 29.8 Å². The highest BCUT2D eigenvalue weighted by molar-refractivity contribution is 7.86. The van der Waals surface area contributed by atoms with Crippen molar-refractivity contribution >= 4 is 62.4 Å². The van der Waals surface area contributed by atoms with E-state index >= 15 is 0 Å². The van der Waals surface area contributed by atoms with Gasteiger partial charge in [0.1, 0.15) is 0 Å². The van der Waals surface area contributed by atoms with Crippen LogP contribution in [0.25, 0.3) is 0 Å². The van der Waals surface area contributed by atoms with E-state index in [4.69, 9.17) is 0 Å². The highest BCUT2D eigenvalue weighted by Crippen LogP contribution is 2.04. The first kappa shape index (κ1) is 15.8. The van der Waals surface area contributed by atoms with Crippen molar-refractivity contribution in [3.05, 3.63) is 22.0 Å². The van der Waals surface area contributed by atoms with Gasteiger partial charge in [0.2, 0.25) is 0 Å². The monoisotopic (exact) mass is 292 g/mol. The van der Waals surface area contributed by atoms with Gasteiger partial charge in [-0.05, 0) is 0 Å². The van der Waals surface area contributed by atoms with Crippen molar-refractivity contribution in [2.75, 3.05) is 0 Å². The SMILES string of the molecule is O=C1C=C(S)C(=O)N1.O=C1C=C(S)C(=O)N1.S. The fourth-order valence-electron chi connectivity index (χ4n) is 0.803. The molecule has 92 valence electrons. The average molecular weight is 292 g/mol. The summed E-state index contributed by atoms with van der Waals surface area (Å²) >= 11 is 7.35. The van der Waals surface area contributed by atoms with Gasteiger partial charge < -0.3 is 0 Å². The molecule has 6 nitrogen and oxygen atoms in total. The molecule has 0 aromatic heterocycles. The lowest BCUT2D eigenvalue weighted by atomic mass is 10.6. The Kier molecular flexibility index (Phi) is 6.07. The highest BCUT2D eigenvalue weighted by atomic mass is 32.1. The molecule has 2 heterocycles. The molecule has 0 aromatic rings. The van der Waals surface area contributed by atoms with Crippen LogP contribution in [0, 0.1) is 0 Å². The lowest BCUT2D eigenvalue weighted by Gasteiger charge is -1.83. The van der Waals surface area contributed by atoms with Crippen molar-refractivity contribution < 1.29 is 19.2 Å². The molecule has 0 aromatic carbocycles. The maximum atomic E-state index is 10.3. The minimum absolute atomic E-state index is 0. The smallest absolute Gasteiger partial charge is 0.264 e. The summed E-state index contributed by atoms with van der Waals surface area (Å²) in [4.78, 5) is 41.4. The van der Waals surface area contributed by atoms with Crippen LogP contribution in [-0.2, 0) is 19.2 Å².